The second kappa shape index (κ2) is 2.98. The fourth-order valence-corrected chi connectivity index (χ4v) is 2.08. The van der Waals surface area contributed by atoms with Crippen LogP contribution in [0.15, 0.2) is 12.7 Å². The van der Waals surface area contributed by atoms with Crippen LogP contribution in [0.1, 0.15) is 33.1 Å². The number of hydrogen-bond donors (Lipinski definition) is 1. The van der Waals surface area contributed by atoms with Crippen LogP contribution in [-0.2, 0) is 0 Å². The Balaban J connectivity index is 2.77. The largest absolute Gasteiger partial charge is 0.385 e. The van der Waals surface area contributed by atoms with E-state index in [1.165, 1.54) is 6.42 Å². The van der Waals surface area contributed by atoms with E-state index in [4.69, 9.17) is 0 Å². The van der Waals surface area contributed by atoms with Crippen molar-refractivity contribution in [2.75, 3.05) is 0 Å². The molecule has 1 rings (SSSR count). The quantitative estimate of drug-likeness (QED) is 0.575. The molecule has 0 aromatic heterocycles. The molecule has 1 aliphatic rings. The van der Waals surface area contributed by atoms with Crippen LogP contribution < -0.4 is 0 Å². The summed E-state index contributed by atoms with van der Waals surface area (Å²) in [7, 11) is 0. The van der Waals surface area contributed by atoms with E-state index in [9.17, 15) is 5.11 Å². The molecular weight excluding hydrogens is 136 g/mol. The SMILES string of the molecule is C=CC1(O)C(C)CCCC1C. The summed E-state index contributed by atoms with van der Waals surface area (Å²) in [6, 6.07) is 0. The molecule has 1 fully saturated rings. The lowest BCUT2D eigenvalue weighted by molar-refractivity contribution is -0.0398. The highest BCUT2D eigenvalue weighted by Crippen LogP contribution is 2.38. The van der Waals surface area contributed by atoms with Crippen LogP contribution >= 0.6 is 0 Å². The lowest BCUT2D eigenvalue weighted by Gasteiger charge is -2.41. The van der Waals surface area contributed by atoms with E-state index in [1.54, 1.807) is 6.08 Å². The van der Waals surface area contributed by atoms with Gasteiger partial charge in [0, 0.05) is 0 Å². The van der Waals surface area contributed by atoms with Crippen LogP contribution in [-0.4, -0.2) is 10.7 Å². The third-order valence-corrected chi connectivity index (χ3v) is 3.18. The first-order valence-corrected chi connectivity index (χ1v) is 4.47. The van der Waals surface area contributed by atoms with Crippen molar-refractivity contribution in [3.63, 3.8) is 0 Å². The van der Waals surface area contributed by atoms with Gasteiger partial charge in [0.1, 0.15) is 0 Å². The highest BCUT2D eigenvalue weighted by molar-refractivity contribution is 5.04. The van der Waals surface area contributed by atoms with Gasteiger partial charge in [-0.05, 0) is 24.7 Å². The molecule has 0 amide bonds. The summed E-state index contributed by atoms with van der Waals surface area (Å²) >= 11 is 0. The van der Waals surface area contributed by atoms with Crippen molar-refractivity contribution in [1.82, 2.24) is 0 Å². The molecule has 64 valence electrons. The predicted octanol–water partition coefficient (Wildman–Crippen LogP) is 2.36. The Hall–Kier alpha value is -0.300. The molecule has 0 aliphatic heterocycles. The summed E-state index contributed by atoms with van der Waals surface area (Å²) in [5.74, 6) is 0.757. The van der Waals surface area contributed by atoms with E-state index >= 15 is 0 Å². The van der Waals surface area contributed by atoms with Gasteiger partial charge in [0.25, 0.3) is 0 Å². The van der Waals surface area contributed by atoms with E-state index in [-0.39, 0.29) is 0 Å². The number of aliphatic hydroxyl groups is 1. The van der Waals surface area contributed by atoms with Crippen LogP contribution in [0.2, 0.25) is 0 Å². The molecule has 0 bridgehead atoms. The Labute approximate surface area is 69.1 Å². The van der Waals surface area contributed by atoms with Crippen LogP contribution in [0, 0.1) is 11.8 Å². The fraction of sp³-hybridized carbons (Fsp3) is 0.800. The normalized spacial score (nSPS) is 45.4. The molecule has 1 heteroatoms. The summed E-state index contributed by atoms with van der Waals surface area (Å²) in [6.07, 6.45) is 5.24. The Morgan fingerprint density at radius 1 is 1.36 bits per heavy atom. The second-order valence-corrected chi connectivity index (χ2v) is 3.82. The van der Waals surface area contributed by atoms with Crippen LogP contribution in [0.3, 0.4) is 0 Å². The molecule has 1 N–H and O–H groups in total. The Kier molecular flexibility index (Phi) is 2.38. The Morgan fingerprint density at radius 2 is 1.82 bits per heavy atom. The fourth-order valence-electron chi connectivity index (χ4n) is 2.08. The van der Waals surface area contributed by atoms with Gasteiger partial charge in [-0.2, -0.15) is 0 Å². The van der Waals surface area contributed by atoms with E-state index in [2.05, 4.69) is 20.4 Å². The van der Waals surface area contributed by atoms with Crippen molar-refractivity contribution in [2.45, 2.75) is 38.7 Å². The maximum Gasteiger partial charge on any atom is 0.0875 e. The number of rotatable bonds is 1. The van der Waals surface area contributed by atoms with Crippen LogP contribution in [0.25, 0.3) is 0 Å². The molecule has 0 heterocycles. The van der Waals surface area contributed by atoms with Gasteiger partial charge in [0.15, 0.2) is 0 Å². The average Bonchev–Trinajstić information content (AvgIpc) is 2.00. The first kappa shape index (κ1) is 8.79. The molecule has 2 atom stereocenters. The van der Waals surface area contributed by atoms with Crippen molar-refractivity contribution in [2.24, 2.45) is 11.8 Å². The molecule has 1 aliphatic carbocycles. The minimum absolute atomic E-state index is 0.378. The Morgan fingerprint density at radius 3 is 2.09 bits per heavy atom. The first-order valence-electron chi connectivity index (χ1n) is 4.47. The van der Waals surface area contributed by atoms with Crippen molar-refractivity contribution in [1.29, 1.82) is 0 Å². The van der Waals surface area contributed by atoms with E-state index < -0.39 is 5.60 Å². The van der Waals surface area contributed by atoms with Gasteiger partial charge in [0.05, 0.1) is 5.60 Å². The summed E-state index contributed by atoms with van der Waals surface area (Å²) in [6.45, 7) is 7.92. The van der Waals surface area contributed by atoms with Crippen molar-refractivity contribution < 1.29 is 5.11 Å². The maximum atomic E-state index is 10.1. The zero-order chi connectivity index (χ0) is 8.48. The summed E-state index contributed by atoms with van der Waals surface area (Å²) < 4.78 is 0. The highest BCUT2D eigenvalue weighted by Gasteiger charge is 2.38. The van der Waals surface area contributed by atoms with Gasteiger partial charge < -0.3 is 5.11 Å². The zero-order valence-electron chi connectivity index (χ0n) is 7.51. The molecule has 0 radical (unpaired) electrons. The predicted molar refractivity (Wildman–Crippen MR) is 47.3 cm³/mol. The minimum Gasteiger partial charge on any atom is -0.385 e. The lowest BCUT2D eigenvalue weighted by atomic mass is 9.70. The second-order valence-electron chi connectivity index (χ2n) is 3.82. The molecular formula is C10H18O. The average molecular weight is 154 g/mol. The van der Waals surface area contributed by atoms with Gasteiger partial charge in [-0.15, -0.1) is 6.58 Å². The van der Waals surface area contributed by atoms with Gasteiger partial charge in [0.2, 0.25) is 0 Å². The van der Waals surface area contributed by atoms with Crippen molar-refractivity contribution >= 4 is 0 Å². The monoisotopic (exact) mass is 154 g/mol. The molecule has 1 nitrogen and oxygen atoms in total. The third-order valence-electron chi connectivity index (χ3n) is 3.18. The van der Waals surface area contributed by atoms with Crippen LogP contribution in [0.4, 0.5) is 0 Å². The molecule has 0 saturated heterocycles. The van der Waals surface area contributed by atoms with E-state index in [1.807, 2.05) is 0 Å². The molecule has 0 aromatic rings. The van der Waals surface area contributed by atoms with Crippen molar-refractivity contribution in [3.05, 3.63) is 12.7 Å². The molecule has 0 aromatic carbocycles. The first-order chi connectivity index (χ1) is 5.11. The van der Waals surface area contributed by atoms with Gasteiger partial charge in [-0.25, -0.2) is 0 Å². The minimum atomic E-state index is -0.599. The number of hydrogen-bond acceptors (Lipinski definition) is 1. The van der Waals surface area contributed by atoms with Gasteiger partial charge >= 0.3 is 0 Å². The molecule has 1 saturated carbocycles. The molecule has 11 heavy (non-hydrogen) atoms. The highest BCUT2D eigenvalue weighted by atomic mass is 16.3. The molecule has 2 unspecified atom stereocenters. The van der Waals surface area contributed by atoms with Crippen molar-refractivity contribution in [3.8, 4) is 0 Å². The molecule has 0 spiro atoms. The smallest absolute Gasteiger partial charge is 0.0875 e. The van der Waals surface area contributed by atoms with E-state index in [0.717, 1.165) is 12.8 Å². The summed E-state index contributed by atoms with van der Waals surface area (Å²) in [5.41, 5.74) is -0.599. The maximum absolute atomic E-state index is 10.1. The van der Waals surface area contributed by atoms with Gasteiger partial charge in [-0.3, -0.25) is 0 Å². The standard InChI is InChI=1S/C10H18O/c1-4-10(11)8(2)6-5-7-9(10)3/h4,8-9,11H,1,5-7H2,2-3H3. The summed E-state index contributed by atoms with van der Waals surface area (Å²) in [4.78, 5) is 0. The third kappa shape index (κ3) is 1.34. The van der Waals surface area contributed by atoms with Gasteiger partial charge in [-0.1, -0.05) is 26.3 Å². The topological polar surface area (TPSA) is 20.2 Å². The van der Waals surface area contributed by atoms with E-state index in [0.29, 0.717) is 11.8 Å². The lowest BCUT2D eigenvalue weighted by Crippen LogP contribution is -2.43. The van der Waals surface area contributed by atoms with Crippen LogP contribution in [0.5, 0.6) is 0 Å². The summed E-state index contributed by atoms with van der Waals surface area (Å²) in [5, 5.41) is 10.1. The zero-order valence-corrected chi connectivity index (χ0v) is 7.51. The Bertz CT molecular complexity index is 141.